The molecule has 7 nitrogen and oxygen atoms in total. The molecule has 0 aliphatic carbocycles. The van der Waals surface area contributed by atoms with Crippen molar-refractivity contribution < 1.29 is 14.3 Å². The molecule has 152 valence electrons. The van der Waals surface area contributed by atoms with Crippen molar-refractivity contribution in [2.75, 3.05) is 19.5 Å². The van der Waals surface area contributed by atoms with Gasteiger partial charge >= 0.3 is 0 Å². The molecule has 0 saturated carbocycles. The maximum atomic E-state index is 11.8. The molecule has 3 rings (SSSR count). The standard InChI is InChI=1S/C22H26N4O3/c1-22(2,24)20(13-8-9-17(28-3)18(12-13)29-4)26-16-10-11-25-19-14(16)6-5-7-15(19)21(23)27/h5-12,20H,24H2,1-4H3,(H2,23,27)(H,25,26)/t20-/m0/s1. The van der Waals surface area contributed by atoms with Crippen molar-refractivity contribution in [3.63, 3.8) is 0 Å². The van der Waals surface area contributed by atoms with E-state index in [1.54, 1.807) is 32.5 Å². The number of para-hydroxylation sites is 1. The number of benzene rings is 2. The Hall–Kier alpha value is -3.32. The van der Waals surface area contributed by atoms with Crippen molar-refractivity contribution in [1.82, 2.24) is 4.98 Å². The van der Waals surface area contributed by atoms with Gasteiger partial charge in [0.15, 0.2) is 11.5 Å². The van der Waals surface area contributed by atoms with Crippen LogP contribution in [0.1, 0.15) is 35.8 Å². The second-order valence-corrected chi connectivity index (χ2v) is 7.44. The summed E-state index contributed by atoms with van der Waals surface area (Å²) in [6, 6.07) is 12.7. The number of aromatic nitrogens is 1. The fourth-order valence-corrected chi connectivity index (χ4v) is 3.39. The summed E-state index contributed by atoms with van der Waals surface area (Å²) < 4.78 is 10.8. The van der Waals surface area contributed by atoms with Crippen molar-refractivity contribution in [3.8, 4) is 11.5 Å². The minimum atomic E-state index is -0.615. The van der Waals surface area contributed by atoms with E-state index in [0.29, 0.717) is 22.6 Å². The summed E-state index contributed by atoms with van der Waals surface area (Å²) in [4.78, 5) is 16.1. The predicted molar refractivity (Wildman–Crippen MR) is 114 cm³/mol. The van der Waals surface area contributed by atoms with Crippen molar-refractivity contribution in [3.05, 3.63) is 59.8 Å². The van der Waals surface area contributed by atoms with E-state index in [4.69, 9.17) is 20.9 Å². The first-order valence-corrected chi connectivity index (χ1v) is 9.21. The van der Waals surface area contributed by atoms with Gasteiger partial charge in [0.25, 0.3) is 5.91 Å². The average molecular weight is 394 g/mol. The monoisotopic (exact) mass is 394 g/mol. The van der Waals surface area contributed by atoms with Crippen LogP contribution in [0.15, 0.2) is 48.7 Å². The summed E-state index contributed by atoms with van der Waals surface area (Å²) in [6.07, 6.45) is 1.65. The first-order valence-electron chi connectivity index (χ1n) is 9.21. The van der Waals surface area contributed by atoms with Gasteiger partial charge in [-0.3, -0.25) is 9.78 Å². The zero-order valence-electron chi connectivity index (χ0n) is 17.0. The molecule has 1 atom stereocenters. The van der Waals surface area contributed by atoms with Crippen LogP contribution in [-0.4, -0.2) is 30.6 Å². The topological polar surface area (TPSA) is 112 Å². The molecule has 7 heteroatoms. The Bertz CT molecular complexity index is 1040. The number of fused-ring (bicyclic) bond motifs is 1. The zero-order valence-corrected chi connectivity index (χ0v) is 17.0. The van der Waals surface area contributed by atoms with Gasteiger partial charge in [0, 0.05) is 22.8 Å². The Morgan fingerprint density at radius 2 is 1.83 bits per heavy atom. The van der Waals surface area contributed by atoms with Gasteiger partial charge < -0.3 is 26.3 Å². The quantitative estimate of drug-likeness (QED) is 0.567. The number of pyridine rings is 1. The number of carbonyl (C=O) groups is 1. The molecule has 5 N–H and O–H groups in total. The summed E-state index contributed by atoms with van der Waals surface area (Å²) in [5, 5.41) is 4.31. The summed E-state index contributed by atoms with van der Waals surface area (Å²) in [6.45, 7) is 3.89. The SMILES string of the molecule is COc1ccc([C@H](Nc2ccnc3c(C(N)=O)cccc23)C(C)(C)N)cc1OC. The van der Waals surface area contributed by atoms with Crippen LogP contribution in [0.5, 0.6) is 11.5 Å². The molecular formula is C22H26N4O3. The minimum absolute atomic E-state index is 0.259. The number of primary amides is 1. The molecule has 1 aromatic heterocycles. The van der Waals surface area contributed by atoms with Gasteiger partial charge in [-0.15, -0.1) is 0 Å². The third kappa shape index (κ3) is 4.09. The largest absolute Gasteiger partial charge is 0.493 e. The second-order valence-electron chi connectivity index (χ2n) is 7.44. The van der Waals surface area contributed by atoms with E-state index in [1.165, 1.54) is 0 Å². The summed E-state index contributed by atoms with van der Waals surface area (Å²) >= 11 is 0. The highest BCUT2D eigenvalue weighted by Crippen LogP contribution is 2.36. The number of hydrogen-bond acceptors (Lipinski definition) is 6. The molecule has 0 saturated heterocycles. The predicted octanol–water partition coefficient (Wildman–Crippen LogP) is 3.24. The number of amides is 1. The number of methoxy groups -OCH3 is 2. The van der Waals surface area contributed by atoms with Crippen LogP contribution >= 0.6 is 0 Å². The van der Waals surface area contributed by atoms with Crippen LogP contribution < -0.4 is 26.3 Å². The Labute approximate surface area is 170 Å². The number of nitrogens with one attached hydrogen (secondary N) is 1. The molecule has 0 bridgehead atoms. The van der Waals surface area contributed by atoms with Crippen molar-refractivity contribution in [1.29, 1.82) is 0 Å². The normalized spacial score (nSPS) is 12.4. The Kier molecular flexibility index (Phi) is 5.61. The van der Waals surface area contributed by atoms with E-state index in [1.807, 2.05) is 44.2 Å². The lowest BCUT2D eigenvalue weighted by atomic mass is 9.89. The molecule has 0 fully saturated rings. The maximum Gasteiger partial charge on any atom is 0.250 e. The molecule has 2 aromatic carbocycles. The van der Waals surface area contributed by atoms with Crippen molar-refractivity contribution >= 4 is 22.5 Å². The Morgan fingerprint density at radius 1 is 1.10 bits per heavy atom. The highest BCUT2D eigenvalue weighted by atomic mass is 16.5. The van der Waals surface area contributed by atoms with Gasteiger partial charge in [-0.25, -0.2) is 0 Å². The zero-order chi connectivity index (χ0) is 21.2. The fourth-order valence-electron chi connectivity index (χ4n) is 3.39. The second kappa shape index (κ2) is 7.97. The van der Waals surface area contributed by atoms with Crippen LogP contribution in [0.25, 0.3) is 10.9 Å². The molecular weight excluding hydrogens is 368 g/mol. The lowest BCUT2D eigenvalue weighted by molar-refractivity contribution is 0.100. The number of hydrogen-bond donors (Lipinski definition) is 3. The van der Waals surface area contributed by atoms with Gasteiger partial charge in [0.05, 0.1) is 31.3 Å². The summed E-state index contributed by atoms with van der Waals surface area (Å²) in [5.41, 5.74) is 14.1. The van der Waals surface area contributed by atoms with Gasteiger partial charge in [-0.1, -0.05) is 18.2 Å². The average Bonchev–Trinajstić information content (AvgIpc) is 2.70. The molecule has 0 aliphatic rings. The number of nitrogens with zero attached hydrogens (tertiary/aromatic N) is 1. The fraction of sp³-hybridized carbons (Fsp3) is 0.273. The first kappa shape index (κ1) is 20.4. The number of anilines is 1. The highest BCUT2D eigenvalue weighted by molar-refractivity contribution is 6.07. The van der Waals surface area contributed by atoms with Crippen molar-refractivity contribution in [2.24, 2.45) is 11.5 Å². The van der Waals surface area contributed by atoms with E-state index in [9.17, 15) is 4.79 Å². The summed E-state index contributed by atoms with van der Waals surface area (Å²) in [5.74, 6) is 0.748. The third-order valence-electron chi connectivity index (χ3n) is 4.82. The number of carbonyl (C=O) groups excluding carboxylic acids is 1. The smallest absolute Gasteiger partial charge is 0.250 e. The molecule has 1 amide bonds. The lowest BCUT2D eigenvalue weighted by Crippen LogP contribution is -2.43. The first-order chi connectivity index (χ1) is 13.8. The number of ether oxygens (including phenoxy) is 2. The molecule has 0 aliphatic heterocycles. The minimum Gasteiger partial charge on any atom is -0.493 e. The van der Waals surface area contributed by atoms with Gasteiger partial charge in [0.2, 0.25) is 0 Å². The molecule has 0 spiro atoms. The van der Waals surface area contributed by atoms with E-state index in [-0.39, 0.29) is 6.04 Å². The lowest BCUT2D eigenvalue weighted by Gasteiger charge is -2.33. The van der Waals surface area contributed by atoms with Gasteiger partial charge in [-0.05, 0) is 43.7 Å². The van der Waals surface area contributed by atoms with Crippen LogP contribution in [-0.2, 0) is 0 Å². The van der Waals surface area contributed by atoms with Gasteiger partial charge in [0.1, 0.15) is 0 Å². The molecule has 0 unspecified atom stereocenters. The Balaban J connectivity index is 2.10. The van der Waals surface area contributed by atoms with Crippen LogP contribution in [0.2, 0.25) is 0 Å². The van der Waals surface area contributed by atoms with Crippen molar-refractivity contribution in [2.45, 2.75) is 25.4 Å². The van der Waals surface area contributed by atoms with Crippen LogP contribution in [0, 0.1) is 0 Å². The van der Waals surface area contributed by atoms with E-state index in [0.717, 1.165) is 16.6 Å². The maximum absolute atomic E-state index is 11.8. The third-order valence-corrected chi connectivity index (χ3v) is 4.82. The van der Waals surface area contributed by atoms with Gasteiger partial charge in [-0.2, -0.15) is 0 Å². The molecule has 29 heavy (non-hydrogen) atoms. The molecule has 1 heterocycles. The highest BCUT2D eigenvalue weighted by Gasteiger charge is 2.28. The Morgan fingerprint density at radius 3 is 2.45 bits per heavy atom. The van der Waals surface area contributed by atoms with Crippen LogP contribution in [0.4, 0.5) is 5.69 Å². The number of nitrogens with two attached hydrogens (primary N) is 2. The van der Waals surface area contributed by atoms with Crippen LogP contribution in [0.3, 0.4) is 0 Å². The molecule has 0 radical (unpaired) electrons. The number of rotatable bonds is 7. The van der Waals surface area contributed by atoms with E-state index in [2.05, 4.69) is 10.3 Å². The molecule has 3 aromatic rings. The summed E-state index contributed by atoms with van der Waals surface area (Å²) in [7, 11) is 3.19. The van der Waals surface area contributed by atoms with E-state index < -0.39 is 11.4 Å². The van der Waals surface area contributed by atoms with E-state index >= 15 is 0 Å².